The molecule has 5 nitrogen and oxygen atoms in total. The zero-order chi connectivity index (χ0) is 10.7. The molecule has 80 valence electrons. The van der Waals surface area contributed by atoms with Crippen LogP contribution in [0.25, 0.3) is 0 Å². The lowest BCUT2D eigenvalue weighted by Gasteiger charge is -2.15. The summed E-state index contributed by atoms with van der Waals surface area (Å²) in [6.45, 7) is 1.80. The van der Waals surface area contributed by atoms with E-state index in [1.165, 1.54) is 0 Å². The summed E-state index contributed by atoms with van der Waals surface area (Å²) in [7, 11) is 0. The molecular formula is C10H14N4O. The first kappa shape index (κ1) is 9.89. The highest BCUT2D eigenvalue weighted by molar-refractivity contribution is 5.91. The van der Waals surface area contributed by atoms with Crippen LogP contribution in [0.15, 0.2) is 12.2 Å². The molecule has 1 amide bonds. The molecule has 0 saturated heterocycles. The summed E-state index contributed by atoms with van der Waals surface area (Å²) in [5.74, 6) is 1.15. The van der Waals surface area contributed by atoms with Gasteiger partial charge in [-0.1, -0.05) is 12.2 Å². The zero-order valence-electron chi connectivity index (χ0n) is 8.66. The van der Waals surface area contributed by atoms with Crippen LogP contribution in [0.4, 0.5) is 5.95 Å². The van der Waals surface area contributed by atoms with E-state index >= 15 is 0 Å². The number of nitrogens with zero attached hydrogens (tertiary/aromatic N) is 2. The molecule has 0 aliphatic heterocycles. The van der Waals surface area contributed by atoms with Gasteiger partial charge in [-0.3, -0.25) is 15.2 Å². The lowest BCUT2D eigenvalue weighted by atomic mass is 9.94. The zero-order valence-corrected chi connectivity index (χ0v) is 8.66. The second kappa shape index (κ2) is 4.25. The maximum atomic E-state index is 11.7. The Morgan fingerprint density at radius 1 is 1.60 bits per heavy atom. The van der Waals surface area contributed by atoms with Crippen molar-refractivity contribution in [1.29, 1.82) is 0 Å². The van der Waals surface area contributed by atoms with Crippen molar-refractivity contribution >= 4 is 11.9 Å². The van der Waals surface area contributed by atoms with Crippen LogP contribution in [-0.2, 0) is 4.79 Å². The number of hydrogen-bond donors (Lipinski definition) is 2. The highest BCUT2D eigenvalue weighted by Crippen LogP contribution is 2.19. The molecule has 2 N–H and O–H groups in total. The van der Waals surface area contributed by atoms with Crippen LogP contribution in [-0.4, -0.2) is 21.1 Å². The van der Waals surface area contributed by atoms with E-state index in [0.717, 1.165) is 19.3 Å². The standard InChI is InChI=1S/C10H14N4O/c1-7-11-10(14-13-7)12-9(15)8-5-3-2-4-6-8/h2-3,8H,4-6H2,1H3,(H2,11,12,13,14,15). The average molecular weight is 206 g/mol. The van der Waals surface area contributed by atoms with E-state index in [1.807, 2.05) is 0 Å². The normalized spacial score (nSPS) is 20.2. The second-order valence-corrected chi connectivity index (χ2v) is 3.72. The molecule has 1 atom stereocenters. The lowest BCUT2D eigenvalue weighted by Crippen LogP contribution is -2.24. The van der Waals surface area contributed by atoms with E-state index in [9.17, 15) is 4.79 Å². The molecule has 0 aromatic carbocycles. The molecule has 1 aromatic heterocycles. The summed E-state index contributed by atoms with van der Waals surface area (Å²) in [6, 6.07) is 0. The number of allylic oxidation sites excluding steroid dienone is 2. The van der Waals surface area contributed by atoms with Gasteiger partial charge in [-0.15, -0.1) is 5.10 Å². The number of anilines is 1. The molecule has 1 aliphatic carbocycles. The maximum Gasteiger partial charge on any atom is 0.248 e. The smallest absolute Gasteiger partial charge is 0.248 e. The van der Waals surface area contributed by atoms with E-state index in [0.29, 0.717) is 11.8 Å². The fraction of sp³-hybridized carbons (Fsp3) is 0.500. The van der Waals surface area contributed by atoms with Crippen LogP contribution in [0.3, 0.4) is 0 Å². The quantitative estimate of drug-likeness (QED) is 0.719. The Balaban J connectivity index is 1.94. The second-order valence-electron chi connectivity index (χ2n) is 3.72. The summed E-state index contributed by atoms with van der Waals surface area (Å²) >= 11 is 0. The molecule has 1 heterocycles. The largest absolute Gasteiger partial charge is 0.293 e. The summed E-state index contributed by atoms with van der Waals surface area (Å²) in [5.41, 5.74) is 0. The van der Waals surface area contributed by atoms with E-state index in [-0.39, 0.29) is 11.8 Å². The van der Waals surface area contributed by atoms with Crippen LogP contribution in [0.5, 0.6) is 0 Å². The number of carbonyl (C=O) groups excluding carboxylic acids is 1. The number of rotatable bonds is 2. The van der Waals surface area contributed by atoms with Crippen molar-refractivity contribution < 1.29 is 4.79 Å². The molecule has 2 rings (SSSR count). The van der Waals surface area contributed by atoms with E-state index in [4.69, 9.17) is 0 Å². The summed E-state index contributed by atoms with van der Waals surface area (Å²) in [4.78, 5) is 15.8. The fourth-order valence-electron chi connectivity index (χ4n) is 1.64. The number of H-pyrrole nitrogens is 1. The summed E-state index contributed by atoms with van der Waals surface area (Å²) in [6.07, 6.45) is 6.86. The molecule has 1 aromatic rings. The van der Waals surface area contributed by atoms with Crippen molar-refractivity contribution in [1.82, 2.24) is 15.2 Å². The molecular weight excluding hydrogens is 192 g/mol. The maximum absolute atomic E-state index is 11.7. The van der Waals surface area contributed by atoms with Crippen molar-refractivity contribution in [2.24, 2.45) is 5.92 Å². The number of hydrogen-bond acceptors (Lipinski definition) is 3. The Bertz CT molecular complexity index is 383. The van der Waals surface area contributed by atoms with Crippen LogP contribution in [0, 0.1) is 12.8 Å². The van der Waals surface area contributed by atoms with Gasteiger partial charge in [-0.05, 0) is 26.2 Å². The average Bonchev–Trinajstić information content (AvgIpc) is 2.65. The molecule has 0 radical (unpaired) electrons. The Hall–Kier alpha value is -1.65. The molecule has 0 saturated carbocycles. The highest BCUT2D eigenvalue weighted by atomic mass is 16.2. The van der Waals surface area contributed by atoms with E-state index in [1.54, 1.807) is 6.92 Å². The van der Waals surface area contributed by atoms with Gasteiger partial charge < -0.3 is 0 Å². The van der Waals surface area contributed by atoms with Gasteiger partial charge in [-0.25, -0.2) is 0 Å². The van der Waals surface area contributed by atoms with Crippen LogP contribution < -0.4 is 5.32 Å². The number of carbonyl (C=O) groups is 1. The van der Waals surface area contributed by atoms with Crippen molar-refractivity contribution in [3.63, 3.8) is 0 Å². The van der Waals surface area contributed by atoms with Gasteiger partial charge >= 0.3 is 0 Å². The van der Waals surface area contributed by atoms with Gasteiger partial charge in [-0.2, -0.15) is 4.98 Å². The van der Waals surface area contributed by atoms with Gasteiger partial charge in [0.25, 0.3) is 0 Å². The first-order valence-electron chi connectivity index (χ1n) is 5.10. The minimum Gasteiger partial charge on any atom is -0.293 e. The molecule has 5 heteroatoms. The summed E-state index contributed by atoms with van der Waals surface area (Å²) in [5, 5.41) is 9.26. The first-order chi connectivity index (χ1) is 7.25. The van der Waals surface area contributed by atoms with Crippen molar-refractivity contribution in [3.8, 4) is 0 Å². The third-order valence-electron chi connectivity index (χ3n) is 2.47. The van der Waals surface area contributed by atoms with Crippen LogP contribution in [0.2, 0.25) is 0 Å². The third kappa shape index (κ3) is 2.43. The minimum atomic E-state index is 0.0124. The lowest BCUT2D eigenvalue weighted by molar-refractivity contribution is -0.120. The van der Waals surface area contributed by atoms with Gasteiger partial charge in [0.05, 0.1) is 0 Å². The molecule has 15 heavy (non-hydrogen) atoms. The van der Waals surface area contributed by atoms with Crippen LogP contribution in [0.1, 0.15) is 25.1 Å². The van der Waals surface area contributed by atoms with Crippen molar-refractivity contribution in [2.45, 2.75) is 26.2 Å². The van der Waals surface area contributed by atoms with E-state index in [2.05, 4.69) is 32.7 Å². The summed E-state index contributed by atoms with van der Waals surface area (Å²) < 4.78 is 0. The minimum absolute atomic E-state index is 0.0124. The number of aromatic amines is 1. The Morgan fingerprint density at radius 2 is 2.47 bits per heavy atom. The van der Waals surface area contributed by atoms with Crippen LogP contribution >= 0.6 is 0 Å². The Labute approximate surface area is 88.0 Å². The number of amides is 1. The van der Waals surface area contributed by atoms with Gasteiger partial charge in [0.1, 0.15) is 5.82 Å². The number of aryl methyl sites for hydroxylation is 1. The predicted molar refractivity (Wildman–Crippen MR) is 56.2 cm³/mol. The van der Waals surface area contributed by atoms with Gasteiger partial charge in [0.15, 0.2) is 0 Å². The highest BCUT2D eigenvalue weighted by Gasteiger charge is 2.19. The molecule has 1 unspecified atom stereocenters. The first-order valence-corrected chi connectivity index (χ1v) is 5.10. The van der Waals surface area contributed by atoms with Crippen molar-refractivity contribution in [2.75, 3.05) is 5.32 Å². The Kier molecular flexibility index (Phi) is 2.80. The fourth-order valence-corrected chi connectivity index (χ4v) is 1.64. The van der Waals surface area contributed by atoms with E-state index < -0.39 is 0 Å². The van der Waals surface area contributed by atoms with Gasteiger partial charge in [0, 0.05) is 5.92 Å². The number of nitrogens with one attached hydrogen (secondary N) is 2. The molecule has 1 aliphatic rings. The SMILES string of the molecule is Cc1nc(NC(=O)C2CC=CCC2)n[nH]1. The topological polar surface area (TPSA) is 70.7 Å². The predicted octanol–water partition coefficient (Wildman–Crippen LogP) is 1.41. The molecule has 0 spiro atoms. The number of aromatic nitrogens is 3. The Morgan fingerprint density at radius 3 is 3.07 bits per heavy atom. The molecule has 0 fully saturated rings. The monoisotopic (exact) mass is 206 g/mol. The van der Waals surface area contributed by atoms with Crippen molar-refractivity contribution in [3.05, 3.63) is 18.0 Å². The molecule has 0 bridgehead atoms. The van der Waals surface area contributed by atoms with Gasteiger partial charge in [0.2, 0.25) is 11.9 Å². The third-order valence-corrected chi connectivity index (χ3v) is 2.47.